The third-order valence-electron chi connectivity index (χ3n) is 4.56. The Hall–Kier alpha value is -0.770. The van der Waals surface area contributed by atoms with Crippen molar-refractivity contribution in [3.05, 3.63) is 0 Å². The van der Waals surface area contributed by atoms with E-state index >= 15 is 0 Å². The summed E-state index contributed by atoms with van der Waals surface area (Å²) < 4.78 is 10.2. The molecule has 1 aliphatic rings. The summed E-state index contributed by atoms with van der Waals surface area (Å²) in [7, 11) is 1.42. The van der Waals surface area contributed by atoms with E-state index in [1.165, 1.54) is 7.11 Å². The molecule has 0 aromatic heterocycles. The molecule has 18 heavy (non-hydrogen) atoms. The molecular formula is C14H27NO3. The first-order chi connectivity index (χ1) is 8.57. The molecule has 1 unspecified atom stereocenters. The van der Waals surface area contributed by atoms with Gasteiger partial charge in [-0.15, -0.1) is 0 Å². The maximum atomic E-state index is 11.6. The predicted molar refractivity (Wildman–Crippen MR) is 71.6 cm³/mol. The van der Waals surface area contributed by atoms with Crippen LogP contribution in [0, 0.1) is 11.3 Å². The lowest BCUT2D eigenvalue weighted by molar-refractivity contribution is 0.0248. The average molecular weight is 257 g/mol. The Morgan fingerprint density at radius 3 is 2.39 bits per heavy atom. The van der Waals surface area contributed by atoms with Crippen LogP contribution in [-0.2, 0) is 9.47 Å². The fourth-order valence-corrected chi connectivity index (χ4v) is 2.79. The van der Waals surface area contributed by atoms with Crippen LogP contribution in [0.5, 0.6) is 0 Å². The zero-order valence-corrected chi connectivity index (χ0v) is 12.1. The Bertz CT molecular complexity index is 258. The van der Waals surface area contributed by atoms with Crippen molar-refractivity contribution in [2.75, 3.05) is 20.3 Å². The molecule has 1 atom stereocenters. The van der Waals surface area contributed by atoms with Gasteiger partial charge < -0.3 is 14.8 Å². The third kappa shape index (κ3) is 3.61. The number of hydrogen-bond acceptors (Lipinski definition) is 3. The molecule has 1 amide bonds. The molecule has 0 bridgehead atoms. The minimum absolute atomic E-state index is 0.121. The van der Waals surface area contributed by atoms with Gasteiger partial charge in [0.2, 0.25) is 0 Å². The van der Waals surface area contributed by atoms with Crippen LogP contribution in [0.3, 0.4) is 0 Å². The molecular weight excluding hydrogens is 230 g/mol. The highest BCUT2D eigenvalue weighted by molar-refractivity contribution is 5.67. The van der Waals surface area contributed by atoms with Gasteiger partial charge in [-0.25, -0.2) is 4.79 Å². The molecule has 1 heterocycles. The second-order valence-corrected chi connectivity index (χ2v) is 5.42. The Balaban J connectivity index is 2.81. The number of alkyl carbamates (subject to hydrolysis) is 1. The van der Waals surface area contributed by atoms with E-state index in [1.807, 2.05) is 0 Å². The number of carbonyl (C=O) groups excluding carboxylic acids is 1. The Morgan fingerprint density at radius 1 is 1.39 bits per heavy atom. The number of ether oxygens (including phenoxy) is 2. The molecule has 1 N–H and O–H groups in total. The molecule has 1 saturated heterocycles. The van der Waals surface area contributed by atoms with Crippen molar-refractivity contribution in [3.63, 3.8) is 0 Å². The van der Waals surface area contributed by atoms with Gasteiger partial charge in [0, 0.05) is 19.3 Å². The van der Waals surface area contributed by atoms with Gasteiger partial charge in [0.1, 0.15) is 0 Å². The van der Waals surface area contributed by atoms with Crippen molar-refractivity contribution in [2.24, 2.45) is 11.3 Å². The quantitative estimate of drug-likeness (QED) is 0.823. The normalized spacial score (nSPS) is 19.3. The fraction of sp³-hybridized carbons (Fsp3) is 0.929. The molecule has 0 aromatic carbocycles. The summed E-state index contributed by atoms with van der Waals surface area (Å²) in [5, 5.41) is 3.06. The zero-order chi connectivity index (χ0) is 13.6. The second-order valence-electron chi connectivity index (χ2n) is 5.42. The van der Waals surface area contributed by atoms with Gasteiger partial charge in [-0.3, -0.25) is 0 Å². The lowest BCUT2D eigenvalue weighted by atomic mass is 9.70. The van der Waals surface area contributed by atoms with Crippen LogP contribution in [0.2, 0.25) is 0 Å². The van der Waals surface area contributed by atoms with E-state index in [2.05, 4.69) is 26.1 Å². The van der Waals surface area contributed by atoms with E-state index in [1.54, 1.807) is 0 Å². The van der Waals surface area contributed by atoms with Crippen molar-refractivity contribution < 1.29 is 14.3 Å². The molecule has 106 valence electrons. The zero-order valence-electron chi connectivity index (χ0n) is 12.1. The Morgan fingerprint density at radius 2 is 1.94 bits per heavy atom. The van der Waals surface area contributed by atoms with Gasteiger partial charge in [0.05, 0.1) is 7.11 Å². The van der Waals surface area contributed by atoms with Crippen LogP contribution in [0.25, 0.3) is 0 Å². The number of methoxy groups -OCH3 is 1. The first kappa shape index (κ1) is 15.3. The third-order valence-corrected chi connectivity index (χ3v) is 4.56. The molecule has 0 radical (unpaired) electrons. The van der Waals surface area contributed by atoms with E-state index < -0.39 is 0 Å². The Labute approximate surface area is 110 Å². The van der Waals surface area contributed by atoms with Gasteiger partial charge in [0.15, 0.2) is 0 Å². The molecule has 4 nitrogen and oxygen atoms in total. The summed E-state index contributed by atoms with van der Waals surface area (Å²) in [6.07, 6.45) is 3.82. The maximum absolute atomic E-state index is 11.6. The topological polar surface area (TPSA) is 47.6 Å². The van der Waals surface area contributed by atoms with Gasteiger partial charge >= 0.3 is 6.09 Å². The first-order valence-electron chi connectivity index (χ1n) is 6.99. The van der Waals surface area contributed by atoms with Crippen molar-refractivity contribution >= 4 is 6.09 Å². The second kappa shape index (κ2) is 6.98. The summed E-state index contributed by atoms with van der Waals surface area (Å²) >= 11 is 0. The molecule has 4 heteroatoms. The van der Waals surface area contributed by atoms with Crippen LogP contribution in [0.4, 0.5) is 4.79 Å². The highest BCUT2D eigenvalue weighted by Crippen LogP contribution is 2.37. The van der Waals surface area contributed by atoms with Gasteiger partial charge in [-0.2, -0.15) is 0 Å². The molecule has 0 aliphatic carbocycles. The highest BCUT2D eigenvalue weighted by Gasteiger charge is 2.38. The lowest BCUT2D eigenvalue weighted by Gasteiger charge is -2.42. The number of carbonyl (C=O) groups is 1. The van der Waals surface area contributed by atoms with E-state index in [4.69, 9.17) is 9.47 Å². The van der Waals surface area contributed by atoms with Gasteiger partial charge in [-0.1, -0.05) is 20.8 Å². The minimum atomic E-state index is -0.320. The van der Waals surface area contributed by atoms with E-state index in [0.29, 0.717) is 5.92 Å². The van der Waals surface area contributed by atoms with E-state index in [0.717, 1.165) is 38.9 Å². The van der Waals surface area contributed by atoms with Crippen LogP contribution in [0.1, 0.15) is 46.5 Å². The lowest BCUT2D eigenvalue weighted by Crippen LogP contribution is -2.51. The largest absolute Gasteiger partial charge is 0.453 e. The summed E-state index contributed by atoms with van der Waals surface area (Å²) in [5.41, 5.74) is 0.121. The summed E-state index contributed by atoms with van der Waals surface area (Å²) in [6.45, 7) is 8.23. The standard InChI is InChI=1S/C14H27NO3/c1-5-14(3,6-2)12(15-13(16)17-4)11-7-9-18-10-8-11/h11-12H,5-10H2,1-4H3,(H,15,16). The number of amides is 1. The van der Waals surface area contributed by atoms with Crippen molar-refractivity contribution in [1.29, 1.82) is 0 Å². The summed E-state index contributed by atoms with van der Waals surface area (Å²) in [6, 6.07) is 0.170. The van der Waals surface area contributed by atoms with Crippen LogP contribution < -0.4 is 5.32 Å². The molecule has 1 fully saturated rings. The predicted octanol–water partition coefficient (Wildman–Crippen LogP) is 2.96. The molecule has 0 aromatic rings. The van der Waals surface area contributed by atoms with Gasteiger partial charge in [0.25, 0.3) is 0 Å². The molecule has 0 saturated carbocycles. The number of rotatable bonds is 5. The molecule has 1 aliphatic heterocycles. The Kier molecular flexibility index (Phi) is 5.93. The maximum Gasteiger partial charge on any atom is 0.407 e. The number of hydrogen-bond donors (Lipinski definition) is 1. The van der Waals surface area contributed by atoms with Crippen molar-refractivity contribution in [3.8, 4) is 0 Å². The average Bonchev–Trinajstić information content (AvgIpc) is 2.44. The van der Waals surface area contributed by atoms with E-state index in [-0.39, 0.29) is 17.6 Å². The monoisotopic (exact) mass is 257 g/mol. The van der Waals surface area contributed by atoms with Crippen molar-refractivity contribution in [2.45, 2.75) is 52.5 Å². The van der Waals surface area contributed by atoms with E-state index in [9.17, 15) is 4.79 Å². The first-order valence-corrected chi connectivity index (χ1v) is 6.99. The SMILES string of the molecule is CCC(C)(CC)C(NC(=O)OC)C1CCOCC1. The van der Waals surface area contributed by atoms with Gasteiger partial charge in [-0.05, 0) is 37.0 Å². The summed E-state index contributed by atoms with van der Waals surface area (Å²) in [4.78, 5) is 11.6. The summed E-state index contributed by atoms with van der Waals surface area (Å²) in [5.74, 6) is 0.489. The molecule has 0 spiro atoms. The fourth-order valence-electron chi connectivity index (χ4n) is 2.79. The minimum Gasteiger partial charge on any atom is -0.453 e. The molecule has 1 rings (SSSR count). The number of nitrogens with one attached hydrogen (secondary N) is 1. The van der Waals surface area contributed by atoms with Crippen LogP contribution in [0.15, 0.2) is 0 Å². The van der Waals surface area contributed by atoms with Crippen LogP contribution in [-0.4, -0.2) is 32.5 Å². The highest BCUT2D eigenvalue weighted by atomic mass is 16.5. The van der Waals surface area contributed by atoms with Crippen LogP contribution >= 0.6 is 0 Å². The smallest absolute Gasteiger partial charge is 0.407 e. The van der Waals surface area contributed by atoms with Crippen molar-refractivity contribution in [1.82, 2.24) is 5.32 Å².